The van der Waals surface area contributed by atoms with Crippen LogP contribution in [0.25, 0.3) is 0 Å². The van der Waals surface area contributed by atoms with Gasteiger partial charge in [0.2, 0.25) is 0 Å². The molecule has 2 aromatic carbocycles. The second kappa shape index (κ2) is 6.23. The van der Waals surface area contributed by atoms with Crippen LogP contribution in [0.5, 0.6) is 11.5 Å². The number of nitro benzene ring substituents is 1. The van der Waals surface area contributed by atoms with Gasteiger partial charge in [0.1, 0.15) is 11.5 Å². The minimum Gasteiger partial charge on any atom is -0.456 e. The van der Waals surface area contributed by atoms with Crippen molar-refractivity contribution in [2.45, 2.75) is 43.9 Å². The number of non-ortho nitro benzene ring substituents is 1. The molecule has 4 aliphatic rings. The predicted octanol–water partition coefficient (Wildman–Crippen LogP) is 6.51. The van der Waals surface area contributed by atoms with E-state index in [0.717, 1.165) is 17.8 Å². The summed E-state index contributed by atoms with van der Waals surface area (Å²) >= 11 is 6.57. The minimum atomic E-state index is -0.420. The van der Waals surface area contributed by atoms with Crippen LogP contribution in [0.1, 0.15) is 44.1 Å². The molecule has 0 radical (unpaired) electrons. The van der Waals surface area contributed by atoms with E-state index in [1.807, 2.05) is 6.07 Å². The van der Waals surface area contributed by atoms with Crippen molar-refractivity contribution in [1.82, 2.24) is 0 Å². The van der Waals surface area contributed by atoms with Crippen molar-refractivity contribution in [2.24, 2.45) is 17.8 Å². The molecule has 0 amide bonds. The highest BCUT2D eigenvalue weighted by molar-refractivity contribution is 6.32. The van der Waals surface area contributed by atoms with Gasteiger partial charge in [-0.3, -0.25) is 10.1 Å². The second-order valence-electron chi connectivity index (χ2n) is 8.70. The first-order chi connectivity index (χ1) is 13.0. The summed E-state index contributed by atoms with van der Waals surface area (Å²) in [4.78, 5) is 10.3. The highest BCUT2D eigenvalue weighted by Gasteiger charge is 2.51. The number of halogens is 1. The summed E-state index contributed by atoms with van der Waals surface area (Å²) in [7, 11) is 0. The van der Waals surface area contributed by atoms with E-state index in [0.29, 0.717) is 21.9 Å². The molecule has 0 unspecified atom stereocenters. The number of hydrogen-bond donors (Lipinski definition) is 0. The lowest BCUT2D eigenvalue weighted by Crippen LogP contribution is -2.48. The van der Waals surface area contributed by atoms with Gasteiger partial charge in [-0.05, 0) is 91.5 Å². The van der Waals surface area contributed by atoms with Crippen molar-refractivity contribution in [3.63, 3.8) is 0 Å². The van der Waals surface area contributed by atoms with E-state index in [1.165, 1.54) is 56.2 Å². The Balaban J connectivity index is 1.39. The van der Waals surface area contributed by atoms with Crippen LogP contribution in [0.15, 0.2) is 42.5 Å². The Morgan fingerprint density at radius 1 is 0.963 bits per heavy atom. The van der Waals surface area contributed by atoms with Gasteiger partial charge < -0.3 is 4.74 Å². The van der Waals surface area contributed by atoms with Crippen molar-refractivity contribution in [1.29, 1.82) is 0 Å². The van der Waals surface area contributed by atoms with Crippen molar-refractivity contribution >= 4 is 17.3 Å². The molecule has 0 aromatic heterocycles. The summed E-state index contributed by atoms with van der Waals surface area (Å²) < 4.78 is 5.86. The van der Waals surface area contributed by atoms with Gasteiger partial charge in [0.05, 0.1) is 9.95 Å². The average Bonchev–Trinajstić information content (AvgIpc) is 2.62. The number of nitrogens with zero attached hydrogens (tertiary/aromatic N) is 1. The molecule has 4 bridgehead atoms. The molecular weight excluding hydrogens is 362 g/mol. The molecule has 0 spiro atoms. The first kappa shape index (κ1) is 17.1. The smallest absolute Gasteiger partial charge is 0.269 e. The zero-order valence-electron chi connectivity index (χ0n) is 15.1. The molecular formula is C22H22ClNO3. The maximum Gasteiger partial charge on any atom is 0.269 e. The molecule has 6 rings (SSSR count). The zero-order valence-corrected chi connectivity index (χ0v) is 15.8. The maximum absolute atomic E-state index is 10.8. The molecule has 4 saturated carbocycles. The molecule has 4 aliphatic carbocycles. The van der Waals surface area contributed by atoms with Crippen LogP contribution >= 0.6 is 11.6 Å². The third-order valence-electron chi connectivity index (χ3n) is 6.86. The normalized spacial score (nSPS) is 31.1. The summed E-state index contributed by atoms with van der Waals surface area (Å²) in [6.45, 7) is 0. The molecule has 2 aromatic rings. The van der Waals surface area contributed by atoms with E-state index < -0.39 is 4.92 Å². The fourth-order valence-electron chi connectivity index (χ4n) is 6.14. The van der Waals surface area contributed by atoms with Gasteiger partial charge in [-0.2, -0.15) is 0 Å². The Morgan fingerprint density at radius 3 is 2.07 bits per heavy atom. The van der Waals surface area contributed by atoms with Gasteiger partial charge in [-0.15, -0.1) is 0 Å². The van der Waals surface area contributed by atoms with Crippen LogP contribution in [0.4, 0.5) is 5.69 Å². The van der Waals surface area contributed by atoms with E-state index >= 15 is 0 Å². The average molecular weight is 384 g/mol. The Bertz CT molecular complexity index is 858. The van der Waals surface area contributed by atoms with Gasteiger partial charge in [0.15, 0.2) is 0 Å². The third kappa shape index (κ3) is 3.00. The standard InChI is InChI=1S/C22H22ClNO3/c23-20-10-17(22-11-14-7-15(12-22)9-16(8-14)13-22)1-6-21(20)27-19-4-2-18(3-5-19)24(25)26/h1-6,10,14-16H,7-9,11-13H2. The second-order valence-corrected chi connectivity index (χ2v) is 9.10. The van der Waals surface area contributed by atoms with Gasteiger partial charge in [-0.25, -0.2) is 0 Å². The van der Waals surface area contributed by atoms with Crippen LogP contribution in [0.2, 0.25) is 5.02 Å². The lowest BCUT2D eigenvalue weighted by atomic mass is 9.48. The first-order valence-electron chi connectivity index (χ1n) is 9.73. The van der Waals surface area contributed by atoms with Gasteiger partial charge in [0.25, 0.3) is 5.69 Å². The molecule has 5 heteroatoms. The van der Waals surface area contributed by atoms with Crippen LogP contribution in [0.3, 0.4) is 0 Å². The quantitative estimate of drug-likeness (QED) is 0.446. The third-order valence-corrected chi connectivity index (χ3v) is 7.15. The molecule has 0 aliphatic heterocycles. The summed E-state index contributed by atoms with van der Waals surface area (Å²) in [5.41, 5.74) is 1.72. The number of benzene rings is 2. The van der Waals surface area contributed by atoms with Crippen molar-refractivity contribution in [3.8, 4) is 11.5 Å². The van der Waals surface area contributed by atoms with Crippen LogP contribution in [-0.2, 0) is 5.41 Å². The number of ether oxygens (including phenoxy) is 1. The first-order valence-corrected chi connectivity index (χ1v) is 10.1. The molecule has 0 N–H and O–H groups in total. The van der Waals surface area contributed by atoms with E-state index in [4.69, 9.17) is 16.3 Å². The van der Waals surface area contributed by atoms with Crippen LogP contribution in [0, 0.1) is 27.9 Å². The Morgan fingerprint density at radius 2 is 1.56 bits per heavy atom. The molecule has 0 saturated heterocycles. The Kier molecular flexibility index (Phi) is 3.94. The lowest BCUT2D eigenvalue weighted by molar-refractivity contribution is -0.384. The fourth-order valence-corrected chi connectivity index (χ4v) is 6.36. The van der Waals surface area contributed by atoms with Crippen LogP contribution in [-0.4, -0.2) is 4.92 Å². The predicted molar refractivity (Wildman–Crippen MR) is 104 cm³/mol. The van der Waals surface area contributed by atoms with Crippen molar-refractivity contribution in [3.05, 3.63) is 63.2 Å². The van der Waals surface area contributed by atoms with Crippen LogP contribution < -0.4 is 4.74 Å². The highest BCUT2D eigenvalue weighted by atomic mass is 35.5. The van der Waals surface area contributed by atoms with Gasteiger partial charge in [-0.1, -0.05) is 17.7 Å². The highest BCUT2D eigenvalue weighted by Crippen LogP contribution is 2.61. The minimum absolute atomic E-state index is 0.0469. The molecule has 27 heavy (non-hydrogen) atoms. The van der Waals surface area contributed by atoms with Crippen molar-refractivity contribution < 1.29 is 9.66 Å². The van der Waals surface area contributed by atoms with Crippen molar-refractivity contribution in [2.75, 3.05) is 0 Å². The van der Waals surface area contributed by atoms with E-state index in [1.54, 1.807) is 12.1 Å². The molecule has 0 heterocycles. The number of rotatable bonds is 4. The number of nitro groups is 1. The zero-order chi connectivity index (χ0) is 18.6. The summed E-state index contributed by atoms with van der Waals surface area (Å²) in [6.07, 6.45) is 8.19. The monoisotopic (exact) mass is 383 g/mol. The van der Waals surface area contributed by atoms with E-state index in [-0.39, 0.29) is 5.69 Å². The topological polar surface area (TPSA) is 52.4 Å². The van der Waals surface area contributed by atoms with E-state index in [2.05, 4.69) is 12.1 Å². The maximum atomic E-state index is 10.8. The molecule has 4 nitrogen and oxygen atoms in total. The molecule has 4 fully saturated rings. The number of hydrogen-bond acceptors (Lipinski definition) is 3. The summed E-state index contributed by atoms with van der Waals surface area (Å²) in [5, 5.41) is 11.4. The fraction of sp³-hybridized carbons (Fsp3) is 0.455. The largest absolute Gasteiger partial charge is 0.456 e. The molecule has 140 valence electrons. The Labute approximate surface area is 163 Å². The summed E-state index contributed by atoms with van der Waals surface area (Å²) in [6, 6.07) is 12.3. The molecule has 0 atom stereocenters. The lowest BCUT2D eigenvalue weighted by Gasteiger charge is -2.57. The van der Waals surface area contributed by atoms with E-state index in [9.17, 15) is 10.1 Å². The summed E-state index contributed by atoms with van der Waals surface area (Å²) in [5.74, 6) is 3.83. The Hall–Kier alpha value is -2.07. The SMILES string of the molecule is O=[N+]([O-])c1ccc(Oc2ccc(C34CC5CC(CC(C5)C3)C4)cc2Cl)cc1. The van der Waals surface area contributed by atoms with Gasteiger partial charge >= 0.3 is 0 Å². The van der Waals surface area contributed by atoms with Gasteiger partial charge in [0, 0.05) is 12.1 Å².